The highest BCUT2D eigenvalue weighted by molar-refractivity contribution is 14.0. The molecule has 25 heavy (non-hydrogen) atoms. The molecule has 4 N–H and O–H groups in total. The number of hydrogen-bond acceptors (Lipinski definition) is 4. The van der Waals surface area contributed by atoms with Crippen molar-refractivity contribution in [2.45, 2.75) is 26.4 Å². The largest absolute Gasteiger partial charge is 0.366 e. The Morgan fingerprint density at radius 2 is 2.16 bits per heavy atom. The zero-order chi connectivity index (χ0) is 17.4. The summed E-state index contributed by atoms with van der Waals surface area (Å²) in [5.74, 6) is 1.22. The molecule has 136 valence electrons. The Morgan fingerprint density at radius 3 is 2.84 bits per heavy atom. The Hall–Kier alpha value is -2.17. The number of carbonyl (C=O) groups is 1. The Morgan fingerprint density at radius 1 is 1.36 bits per heavy atom. The van der Waals surface area contributed by atoms with Crippen molar-refractivity contribution in [2.75, 3.05) is 13.6 Å². The Bertz CT molecular complexity index is 714. The van der Waals surface area contributed by atoms with Gasteiger partial charge in [0.25, 0.3) is 0 Å². The summed E-state index contributed by atoms with van der Waals surface area (Å²) < 4.78 is 2.01. The normalized spacial score (nSPS) is 10.9. The first-order valence-corrected chi connectivity index (χ1v) is 7.84. The van der Waals surface area contributed by atoms with Crippen LogP contribution in [0.25, 0.3) is 0 Å². The van der Waals surface area contributed by atoms with Crippen molar-refractivity contribution in [3.05, 3.63) is 47.5 Å². The lowest BCUT2D eigenvalue weighted by Crippen LogP contribution is -2.38. The molecule has 0 saturated heterocycles. The molecule has 0 saturated carbocycles. The van der Waals surface area contributed by atoms with E-state index in [2.05, 4.69) is 32.7 Å². The van der Waals surface area contributed by atoms with Crippen molar-refractivity contribution in [3.8, 4) is 0 Å². The Balaban J connectivity index is 0.00000312. The Kier molecular flexibility index (Phi) is 8.89. The molecule has 0 bridgehead atoms. The van der Waals surface area contributed by atoms with Gasteiger partial charge in [-0.2, -0.15) is 0 Å². The van der Waals surface area contributed by atoms with Gasteiger partial charge in [-0.25, -0.2) is 0 Å². The number of hydrogen-bond donors (Lipinski definition) is 3. The smallest absolute Gasteiger partial charge is 0.248 e. The van der Waals surface area contributed by atoms with Crippen LogP contribution in [-0.2, 0) is 19.5 Å². The summed E-state index contributed by atoms with van der Waals surface area (Å²) in [6.45, 7) is 4.06. The number of nitrogens with zero attached hydrogens (tertiary/aromatic N) is 4. The predicted molar refractivity (Wildman–Crippen MR) is 108 cm³/mol. The van der Waals surface area contributed by atoms with Gasteiger partial charge < -0.3 is 20.9 Å². The van der Waals surface area contributed by atoms with Crippen LogP contribution in [0.2, 0.25) is 0 Å². The highest BCUT2D eigenvalue weighted by atomic mass is 127. The second-order valence-corrected chi connectivity index (χ2v) is 5.21. The summed E-state index contributed by atoms with van der Waals surface area (Å²) >= 11 is 0. The topological polar surface area (TPSA) is 110 Å². The second-order valence-electron chi connectivity index (χ2n) is 5.21. The van der Waals surface area contributed by atoms with E-state index in [0.717, 1.165) is 24.4 Å². The number of aryl methyl sites for hydroxylation is 1. The van der Waals surface area contributed by atoms with E-state index in [4.69, 9.17) is 5.73 Å². The maximum absolute atomic E-state index is 11.2. The summed E-state index contributed by atoms with van der Waals surface area (Å²) in [7, 11) is 1.71. The molecule has 9 heteroatoms. The molecule has 0 fully saturated rings. The van der Waals surface area contributed by atoms with Gasteiger partial charge in [-0.15, -0.1) is 34.2 Å². The fourth-order valence-corrected chi connectivity index (χ4v) is 2.28. The number of guanidine groups is 1. The number of amides is 1. The first-order valence-electron chi connectivity index (χ1n) is 7.84. The van der Waals surface area contributed by atoms with Gasteiger partial charge in [0, 0.05) is 38.7 Å². The molecule has 0 unspecified atom stereocenters. The van der Waals surface area contributed by atoms with Crippen LogP contribution in [0.3, 0.4) is 0 Å². The van der Waals surface area contributed by atoms with Gasteiger partial charge in [-0.1, -0.05) is 19.1 Å². The number of benzene rings is 1. The van der Waals surface area contributed by atoms with Crippen LogP contribution >= 0.6 is 24.0 Å². The fraction of sp³-hybridized carbons (Fsp3) is 0.375. The first-order chi connectivity index (χ1) is 11.6. The third kappa shape index (κ3) is 6.33. The van der Waals surface area contributed by atoms with Gasteiger partial charge in [-0.05, 0) is 17.7 Å². The van der Waals surface area contributed by atoms with E-state index < -0.39 is 5.91 Å². The molecule has 2 rings (SSSR count). The Labute approximate surface area is 164 Å². The van der Waals surface area contributed by atoms with E-state index in [9.17, 15) is 4.79 Å². The lowest BCUT2D eigenvalue weighted by Gasteiger charge is -2.13. The molecule has 0 atom stereocenters. The maximum atomic E-state index is 11.2. The molecular formula is C16H24IN7O. The van der Waals surface area contributed by atoms with Crippen LogP contribution in [0.1, 0.15) is 28.7 Å². The molecule has 2 aromatic rings. The molecule has 0 radical (unpaired) electrons. The van der Waals surface area contributed by atoms with Crippen LogP contribution in [0.15, 0.2) is 35.6 Å². The summed E-state index contributed by atoms with van der Waals surface area (Å²) in [5.41, 5.74) is 6.75. The first kappa shape index (κ1) is 20.9. The van der Waals surface area contributed by atoms with Crippen molar-refractivity contribution >= 4 is 35.8 Å². The highest BCUT2D eigenvalue weighted by Crippen LogP contribution is 2.04. The van der Waals surface area contributed by atoms with Gasteiger partial charge in [0.1, 0.15) is 12.2 Å². The van der Waals surface area contributed by atoms with Gasteiger partial charge in [0.15, 0.2) is 5.96 Å². The van der Waals surface area contributed by atoms with Crippen LogP contribution in [0.4, 0.5) is 0 Å². The third-order valence-corrected chi connectivity index (χ3v) is 3.55. The molecule has 1 heterocycles. The van der Waals surface area contributed by atoms with Crippen molar-refractivity contribution in [2.24, 2.45) is 10.7 Å². The number of primary amides is 1. The standard InChI is InChI=1S/C16H23N7O.HI/c1-3-14-22-21-11-23(14)8-7-19-16(18-2)20-10-12-5-4-6-13(9-12)15(17)24;/h4-6,9,11H,3,7-8,10H2,1-2H3,(H2,17,24)(H2,18,19,20);1H. The molecule has 1 aromatic carbocycles. The SMILES string of the molecule is CCc1nncn1CCNC(=NC)NCc1cccc(C(N)=O)c1.I. The van der Waals surface area contributed by atoms with Crippen LogP contribution in [-0.4, -0.2) is 40.2 Å². The summed E-state index contributed by atoms with van der Waals surface area (Å²) in [4.78, 5) is 15.4. The van der Waals surface area contributed by atoms with Crippen LogP contribution < -0.4 is 16.4 Å². The van der Waals surface area contributed by atoms with Gasteiger partial charge >= 0.3 is 0 Å². The van der Waals surface area contributed by atoms with Crippen LogP contribution in [0, 0.1) is 0 Å². The minimum Gasteiger partial charge on any atom is -0.366 e. The quantitative estimate of drug-likeness (QED) is 0.326. The monoisotopic (exact) mass is 457 g/mol. The second kappa shape index (κ2) is 10.6. The third-order valence-electron chi connectivity index (χ3n) is 3.55. The van der Waals surface area contributed by atoms with E-state index in [1.54, 1.807) is 25.5 Å². The number of nitrogens with two attached hydrogens (primary N) is 1. The van der Waals surface area contributed by atoms with Crippen LogP contribution in [0.5, 0.6) is 0 Å². The number of aromatic nitrogens is 3. The molecule has 8 nitrogen and oxygen atoms in total. The maximum Gasteiger partial charge on any atom is 0.248 e. The lowest BCUT2D eigenvalue weighted by molar-refractivity contribution is 0.1000. The molecule has 0 spiro atoms. The summed E-state index contributed by atoms with van der Waals surface area (Å²) in [5, 5.41) is 14.4. The molecule has 0 aliphatic carbocycles. The number of aliphatic imine (C=N–C) groups is 1. The molecule has 0 aliphatic heterocycles. The number of carbonyl (C=O) groups excluding carboxylic acids is 1. The zero-order valence-corrected chi connectivity index (χ0v) is 16.7. The van der Waals surface area contributed by atoms with E-state index in [1.807, 2.05) is 16.7 Å². The number of halogens is 1. The summed E-state index contributed by atoms with van der Waals surface area (Å²) in [6.07, 6.45) is 2.58. The minimum absolute atomic E-state index is 0. The van der Waals surface area contributed by atoms with E-state index in [0.29, 0.717) is 24.6 Å². The minimum atomic E-state index is -0.431. The van der Waals surface area contributed by atoms with Crippen molar-refractivity contribution in [1.29, 1.82) is 0 Å². The average molecular weight is 457 g/mol. The van der Waals surface area contributed by atoms with E-state index >= 15 is 0 Å². The van der Waals surface area contributed by atoms with Crippen molar-refractivity contribution < 1.29 is 4.79 Å². The summed E-state index contributed by atoms with van der Waals surface area (Å²) in [6, 6.07) is 7.21. The molecule has 0 aliphatic rings. The van der Waals surface area contributed by atoms with Gasteiger partial charge in [-0.3, -0.25) is 9.79 Å². The van der Waals surface area contributed by atoms with Crippen molar-refractivity contribution in [1.82, 2.24) is 25.4 Å². The van der Waals surface area contributed by atoms with E-state index in [1.165, 1.54) is 0 Å². The number of rotatable bonds is 7. The molecule has 1 amide bonds. The molecular weight excluding hydrogens is 433 g/mol. The van der Waals surface area contributed by atoms with Gasteiger partial charge in [0.05, 0.1) is 0 Å². The number of nitrogens with one attached hydrogen (secondary N) is 2. The average Bonchev–Trinajstić information content (AvgIpc) is 3.05. The van der Waals surface area contributed by atoms with Crippen molar-refractivity contribution in [3.63, 3.8) is 0 Å². The zero-order valence-electron chi connectivity index (χ0n) is 14.4. The lowest BCUT2D eigenvalue weighted by atomic mass is 10.1. The molecule has 1 aromatic heterocycles. The predicted octanol–water partition coefficient (Wildman–Crippen LogP) is 0.923. The van der Waals surface area contributed by atoms with E-state index in [-0.39, 0.29) is 24.0 Å². The highest BCUT2D eigenvalue weighted by Gasteiger charge is 2.04. The van der Waals surface area contributed by atoms with Gasteiger partial charge in [0.2, 0.25) is 5.91 Å². The fourth-order valence-electron chi connectivity index (χ4n) is 2.28.